The molecular weight excluding hydrogens is 356 g/mol. The van der Waals surface area contributed by atoms with Gasteiger partial charge in [0.2, 0.25) is 0 Å². The van der Waals surface area contributed by atoms with E-state index in [0.29, 0.717) is 4.77 Å². The number of nitrogens with zero attached hydrogens (tertiary/aromatic N) is 3. The average molecular weight is 374 g/mol. The standard InChI is InChI=1S/C20H18N6S/c27-20-25-24-19(17-12-16(22-23-17)13-6-2-1-3-7-13)26(20)18-10-4-9-15-14(18)8-5-11-21-15/h1-11,16-17,22-23H,12H2,(H,25,27). The molecule has 0 bridgehead atoms. The summed E-state index contributed by atoms with van der Waals surface area (Å²) in [4.78, 5) is 4.45. The maximum absolute atomic E-state index is 5.55. The van der Waals surface area contributed by atoms with Crippen molar-refractivity contribution in [2.24, 2.45) is 0 Å². The van der Waals surface area contributed by atoms with Crippen molar-refractivity contribution in [3.05, 3.63) is 83.0 Å². The highest BCUT2D eigenvalue weighted by atomic mass is 32.1. The van der Waals surface area contributed by atoms with Gasteiger partial charge in [0.25, 0.3) is 0 Å². The number of hydrogen-bond donors (Lipinski definition) is 3. The number of aromatic amines is 1. The van der Waals surface area contributed by atoms with Crippen LogP contribution in [-0.4, -0.2) is 19.7 Å². The fourth-order valence-electron chi connectivity index (χ4n) is 3.69. The maximum atomic E-state index is 5.55. The molecule has 3 N–H and O–H groups in total. The molecule has 2 atom stereocenters. The van der Waals surface area contributed by atoms with Gasteiger partial charge in [-0.1, -0.05) is 36.4 Å². The molecule has 134 valence electrons. The highest BCUT2D eigenvalue weighted by Gasteiger charge is 2.30. The predicted molar refractivity (Wildman–Crippen MR) is 107 cm³/mol. The van der Waals surface area contributed by atoms with Crippen molar-refractivity contribution in [2.75, 3.05) is 0 Å². The van der Waals surface area contributed by atoms with Crippen molar-refractivity contribution in [3.63, 3.8) is 0 Å². The summed E-state index contributed by atoms with van der Waals surface area (Å²) in [5.41, 5.74) is 9.93. The van der Waals surface area contributed by atoms with E-state index >= 15 is 0 Å². The number of benzene rings is 2. The second-order valence-corrected chi connectivity index (χ2v) is 7.00. The maximum Gasteiger partial charge on any atom is 0.199 e. The largest absolute Gasteiger partial charge is 0.270 e. The Hall–Kier alpha value is -2.87. The van der Waals surface area contributed by atoms with Gasteiger partial charge < -0.3 is 0 Å². The lowest BCUT2D eigenvalue weighted by Gasteiger charge is -2.13. The summed E-state index contributed by atoms with van der Waals surface area (Å²) < 4.78 is 2.58. The minimum Gasteiger partial charge on any atom is -0.270 e. The first kappa shape index (κ1) is 16.3. The molecule has 1 fully saturated rings. The van der Waals surface area contributed by atoms with E-state index in [1.165, 1.54) is 5.56 Å². The second kappa shape index (κ2) is 6.70. The summed E-state index contributed by atoms with van der Waals surface area (Å²) in [6, 6.07) is 20.7. The zero-order valence-electron chi connectivity index (χ0n) is 14.5. The van der Waals surface area contributed by atoms with E-state index in [1.807, 2.05) is 28.8 Å². The van der Waals surface area contributed by atoms with Crippen molar-refractivity contribution < 1.29 is 0 Å². The topological polar surface area (TPSA) is 70.6 Å². The summed E-state index contributed by atoms with van der Waals surface area (Å²) in [5.74, 6) is 0.863. The van der Waals surface area contributed by atoms with Gasteiger partial charge in [-0.15, -0.1) is 0 Å². The van der Waals surface area contributed by atoms with E-state index in [4.69, 9.17) is 12.2 Å². The molecule has 2 unspecified atom stereocenters. The van der Waals surface area contributed by atoms with Crippen LogP contribution >= 0.6 is 12.2 Å². The zero-order chi connectivity index (χ0) is 18.2. The third-order valence-electron chi connectivity index (χ3n) is 4.98. The molecule has 0 spiro atoms. The van der Waals surface area contributed by atoms with Gasteiger partial charge in [-0.05, 0) is 48.5 Å². The first-order valence-corrected chi connectivity index (χ1v) is 9.29. The van der Waals surface area contributed by atoms with Crippen molar-refractivity contribution >= 4 is 23.1 Å². The van der Waals surface area contributed by atoms with E-state index in [0.717, 1.165) is 28.8 Å². The van der Waals surface area contributed by atoms with Crippen molar-refractivity contribution in [3.8, 4) is 5.69 Å². The number of hydrogen-bond acceptors (Lipinski definition) is 5. The van der Waals surface area contributed by atoms with E-state index in [-0.39, 0.29) is 12.1 Å². The van der Waals surface area contributed by atoms with E-state index in [2.05, 4.69) is 62.4 Å². The van der Waals surface area contributed by atoms with Crippen LogP contribution in [0.3, 0.4) is 0 Å². The van der Waals surface area contributed by atoms with Crippen molar-refractivity contribution in [1.29, 1.82) is 0 Å². The Balaban J connectivity index is 1.56. The number of aromatic nitrogens is 4. The summed E-state index contributed by atoms with van der Waals surface area (Å²) >= 11 is 5.55. The van der Waals surface area contributed by atoms with Gasteiger partial charge in [-0.3, -0.25) is 14.6 Å². The van der Waals surface area contributed by atoms with Gasteiger partial charge in [0.05, 0.1) is 17.2 Å². The minimum atomic E-state index is 0.0371. The molecule has 27 heavy (non-hydrogen) atoms. The van der Waals surface area contributed by atoms with E-state index < -0.39 is 0 Å². The Morgan fingerprint density at radius 2 is 1.78 bits per heavy atom. The molecular formula is C20H18N6S. The highest BCUT2D eigenvalue weighted by molar-refractivity contribution is 7.71. The SMILES string of the molecule is S=c1[nH]nc(C2CC(c3ccccc3)NN2)n1-c1cccc2ncccc12. The molecule has 5 rings (SSSR count). The molecule has 0 amide bonds. The first-order chi connectivity index (χ1) is 13.3. The minimum absolute atomic E-state index is 0.0371. The zero-order valence-corrected chi connectivity index (χ0v) is 15.3. The normalized spacial score (nSPS) is 19.6. The van der Waals surface area contributed by atoms with Crippen LogP contribution in [0.2, 0.25) is 0 Å². The Kier molecular flexibility index (Phi) is 4.05. The lowest BCUT2D eigenvalue weighted by molar-refractivity contribution is 0.535. The Morgan fingerprint density at radius 3 is 2.67 bits per heavy atom. The summed E-state index contributed by atoms with van der Waals surface area (Å²) in [6.45, 7) is 0. The number of nitrogens with one attached hydrogen (secondary N) is 3. The van der Waals surface area contributed by atoms with Gasteiger partial charge in [-0.25, -0.2) is 10.9 Å². The molecule has 2 aromatic heterocycles. The average Bonchev–Trinajstić information content (AvgIpc) is 3.35. The molecule has 7 heteroatoms. The summed E-state index contributed by atoms with van der Waals surface area (Å²) in [7, 11) is 0. The number of hydrazine groups is 1. The molecule has 1 aliphatic rings. The molecule has 0 aliphatic carbocycles. The molecule has 1 saturated heterocycles. The lowest BCUT2D eigenvalue weighted by atomic mass is 10.0. The number of pyridine rings is 1. The number of fused-ring (bicyclic) bond motifs is 1. The number of rotatable bonds is 3. The number of H-pyrrole nitrogens is 1. The molecule has 6 nitrogen and oxygen atoms in total. The van der Waals surface area contributed by atoms with Crippen LogP contribution in [0.1, 0.15) is 29.9 Å². The Bertz CT molecular complexity index is 1140. The van der Waals surface area contributed by atoms with Crippen LogP contribution < -0.4 is 10.9 Å². The Morgan fingerprint density at radius 1 is 0.926 bits per heavy atom. The predicted octanol–water partition coefficient (Wildman–Crippen LogP) is 3.76. The highest BCUT2D eigenvalue weighted by Crippen LogP contribution is 2.32. The smallest absolute Gasteiger partial charge is 0.199 e. The molecule has 3 heterocycles. The van der Waals surface area contributed by atoms with Gasteiger partial charge in [-0.2, -0.15) is 5.10 Å². The Labute approximate surface area is 161 Å². The van der Waals surface area contributed by atoms with Crippen LogP contribution in [0.15, 0.2) is 66.9 Å². The van der Waals surface area contributed by atoms with Crippen molar-refractivity contribution in [1.82, 2.24) is 30.6 Å². The van der Waals surface area contributed by atoms with Gasteiger partial charge in [0.1, 0.15) is 0 Å². The molecule has 4 aromatic rings. The fourth-order valence-corrected chi connectivity index (χ4v) is 3.92. The lowest BCUT2D eigenvalue weighted by Crippen LogP contribution is -2.28. The fraction of sp³-hybridized carbons (Fsp3) is 0.150. The van der Waals surface area contributed by atoms with Crippen LogP contribution in [-0.2, 0) is 0 Å². The monoisotopic (exact) mass is 374 g/mol. The van der Waals surface area contributed by atoms with E-state index in [9.17, 15) is 0 Å². The van der Waals surface area contributed by atoms with Gasteiger partial charge >= 0.3 is 0 Å². The quantitative estimate of drug-likeness (QED) is 0.476. The molecule has 0 saturated carbocycles. The van der Waals surface area contributed by atoms with Crippen LogP contribution in [0.4, 0.5) is 0 Å². The molecule has 2 aromatic carbocycles. The summed E-state index contributed by atoms with van der Waals surface area (Å²) in [6.07, 6.45) is 2.68. The first-order valence-electron chi connectivity index (χ1n) is 8.89. The molecule has 1 aliphatic heterocycles. The van der Waals surface area contributed by atoms with Crippen molar-refractivity contribution in [2.45, 2.75) is 18.5 Å². The molecule has 0 radical (unpaired) electrons. The third-order valence-corrected chi connectivity index (χ3v) is 5.25. The van der Waals surface area contributed by atoms with E-state index in [1.54, 1.807) is 6.20 Å². The van der Waals surface area contributed by atoms with Crippen LogP contribution in [0, 0.1) is 4.77 Å². The van der Waals surface area contributed by atoms with Gasteiger partial charge in [0.15, 0.2) is 10.6 Å². The van der Waals surface area contributed by atoms with Gasteiger partial charge in [0, 0.05) is 17.6 Å². The summed E-state index contributed by atoms with van der Waals surface area (Å²) in [5, 5.41) is 8.54. The third kappa shape index (κ3) is 2.86. The second-order valence-electron chi connectivity index (χ2n) is 6.61. The van der Waals surface area contributed by atoms with Crippen LogP contribution in [0.5, 0.6) is 0 Å². The van der Waals surface area contributed by atoms with Crippen LogP contribution in [0.25, 0.3) is 16.6 Å².